The van der Waals surface area contributed by atoms with Crippen LogP contribution in [-0.2, 0) is 0 Å². The number of amides is 1. The fraction of sp³-hybridized carbons (Fsp3) is 0.462. The minimum atomic E-state index is -0.0781. The van der Waals surface area contributed by atoms with Crippen LogP contribution in [0.2, 0.25) is 0 Å². The van der Waals surface area contributed by atoms with E-state index in [1.807, 2.05) is 4.40 Å². The minimum Gasteiger partial charge on any atom is -0.348 e. The molecule has 0 saturated heterocycles. The Balaban J connectivity index is 1.74. The molecule has 2 heterocycles. The number of hydrogen-bond acceptors (Lipinski definition) is 3. The van der Waals surface area contributed by atoms with Crippen molar-refractivity contribution in [2.24, 2.45) is 0 Å². The van der Waals surface area contributed by atoms with Crippen molar-refractivity contribution in [3.8, 4) is 0 Å². The molecule has 0 atom stereocenters. The lowest BCUT2D eigenvalue weighted by Crippen LogP contribution is -2.36. The van der Waals surface area contributed by atoms with Crippen LogP contribution in [0, 0.1) is 0 Å². The van der Waals surface area contributed by atoms with Gasteiger partial charge in [-0.05, 0) is 12.8 Å². The summed E-state index contributed by atoms with van der Waals surface area (Å²) in [7, 11) is 0. The summed E-state index contributed by atoms with van der Waals surface area (Å²) in [5.41, 5.74) is 1.17. The quantitative estimate of drug-likeness (QED) is 0.876. The van der Waals surface area contributed by atoms with Crippen molar-refractivity contribution >= 4 is 11.6 Å². The molecule has 1 saturated carbocycles. The fourth-order valence-electron chi connectivity index (χ4n) is 2.46. The summed E-state index contributed by atoms with van der Waals surface area (Å²) in [6.45, 7) is 0. The van der Waals surface area contributed by atoms with Gasteiger partial charge in [-0.2, -0.15) is 0 Å². The van der Waals surface area contributed by atoms with Gasteiger partial charge in [0.25, 0.3) is 5.91 Å². The molecule has 1 aliphatic carbocycles. The van der Waals surface area contributed by atoms with Crippen LogP contribution in [0.25, 0.3) is 5.65 Å². The van der Waals surface area contributed by atoms with Gasteiger partial charge in [0.05, 0.1) is 6.20 Å². The molecule has 0 unspecified atom stereocenters. The molecule has 1 aliphatic rings. The molecule has 1 amide bonds. The molecule has 0 radical (unpaired) electrons. The summed E-state index contributed by atoms with van der Waals surface area (Å²) >= 11 is 0. The first-order chi connectivity index (χ1) is 8.83. The van der Waals surface area contributed by atoms with Crippen LogP contribution in [0.3, 0.4) is 0 Å². The lowest BCUT2D eigenvalue weighted by molar-refractivity contribution is 0.0923. The van der Waals surface area contributed by atoms with Crippen molar-refractivity contribution in [3.63, 3.8) is 0 Å². The molecule has 5 nitrogen and oxygen atoms in total. The summed E-state index contributed by atoms with van der Waals surface area (Å²) in [6.07, 6.45) is 12.7. The Morgan fingerprint density at radius 1 is 1.33 bits per heavy atom. The van der Waals surface area contributed by atoms with Crippen molar-refractivity contribution in [3.05, 3.63) is 30.5 Å². The standard InChI is InChI=1S/C13H16N4O/c18-13(15-10-4-2-1-3-5-10)11-9-17-7-6-14-8-12(17)16-11/h6-10H,1-5H2,(H,15,18). The van der Waals surface area contributed by atoms with Gasteiger partial charge in [-0.25, -0.2) is 4.98 Å². The SMILES string of the molecule is O=C(NC1CCCCC1)c1cn2ccncc2n1. The number of nitrogens with one attached hydrogen (secondary N) is 1. The highest BCUT2D eigenvalue weighted by Gasteiger charge is 2.18. The van der Waals surface area contributed by atoms with Crippen molar-refractivity contribution in [2.75, 3.05) is 0 Å². The van der Waals surface area contributed by atoms with Crippen LogP contribution in [-0.4, -0.2) is 26.3 Å². The van der Waals surface area contributed by atoms with E-state index in [1.54, 1.807) is 24.8 Å². The van der Waals surface area contributed by atoms with Crippen molar-refractivity contribution in [1.29, 1.82) is 0 Å². The maximum Gasteiger partial charge on any atom is 0.271 e. The average molecular weight is 244 g/mol. The first-order valence-electron chi connectivity index (χ1n) is 6.42. The van der Waals surface area contributed by atoms with Gasteiger partial charge < -0.3 is 9.72 Å². The van der Waals surface area contributed by atoms with E-state index < -0.39 is 0 Å². The number of fused-ring (bicyclic) bond motifs is 1. The van der Waals surface area contributed by atoms with Gasteiger partial charge in [0.1, 0.15) is 5.69 Å². The van der Waals surface area contributed by atoms with Gasteiger partial charge >= 0.3 is 0 Å². The molecule has 0 spiro atoms. The molecule has 1 fully saturated rings. The largest absolute Gasteiger partial charge is 0.348 e. The molecule has 0 aromatic carbocycles. The summed E-state index contributed by atoms with van der Waals surface area (Å²) in [5.74, 6) is -0.0781. The van der Waals surface area contributed by atoms with Crippen molar-refractivity contribution in [1.82, 2.24) is 19.7 Å². The molecular weight excluding hydrogens is 228 g/mol. The van der Waals surface area contributed by atoms with Gasteiger partial charge in [0.15, 0.2) is 5.65 Å². The third-order valence-electron chi connectivity index (χ3n) is 3.44. The molecule has 0 bridgehead atoms. The smallest absolute Gasteiger partial charge is 0.271 e. The van der Waals surface area contributed by atoms with Gasteiger partial charge in [-0.15, -0.1) is 0 Å². The van der Waals surface area contributed by atoms with E-state index in [0.29, 0.717) is 17.4 Å². The van der Waals surface area contributed by atoms with Crippen LogP contribution in [0.1, 0.15) is 42.6 Å². The van der Waals surface area contributed by atoms with Crippen LogP contribution in [0.15, 0.2) is 24.8 Å². The number of aromatic nitrogens is 3. The Morgan fingerprint density at radius 2 is 2.17 bits per heavy atom. The van der Waals surface area contributed by atoms with E-state index in [-0.39, 0.29) is 5.91 Å². The Bertz CT molecular complexity index is 524. The molecule has 5 heteroatoms. The maximum atomic E-state index is 12.1. The fourth-order valence-corrected chi connectivity index (χ4v) is 2.46. The summed E-state index contributed by atoms with van der Waals surface area (Å²) < 4.78 is 1.81. The van der Waals surface area contributed by atoms with Crippen molar-refractivity contribution in [2.45, 2.75) is 38.1 Å². The highest BCUT2D eigenvalue weighted by Crippen LogP contribution is 2.17. The molecule has 2 aromatic rings. The zero-order valence-corrected chi connectivity index (χ0v) is 10.2. The molecule has 2 aromatic heterocycles. The van der Waals surface area contributed by atoms with Crippen LogP contribution in [0.5, 0.6) is 0 Å². The number of hydrogen-bond donors (Lipinski definition) is 1. The highest BCUT2D eigenvalue weighted by molar-refractivity contribution is 5.93. The highest BCUT2D eigenvalue weighted by atomic mass is 16.2. The number of rotatable bonds is 2. The van der Waals surface area contributed by atoms with Gasteiger partial charge in [-0.3, -0.25) is 9.78 Å². The van der Waals surface area contributed by atoms with Crippen LogP contribution >= 0.6 is 0 Å². The predicted octanol–water partition coefficient (Wildman–Crippen LogP) is 1.79. The number of nitrogens with zero attached hydrogens (tertiary/aromatic N) is 3. The first-order valence-corrected chi connectivity index (χ1v) is 6.42. The van der Waals surface area contributed by atoms with Gasteiger partial charge in [0, 0.05) is 24.6 Å². The monoisotopic (exact) mass is 244 g/mol. The molecule has 3 rings (SSSR count). The maximum absolute atomic E-state index is 12.1. The molecule has 0 aliphatic heterocycles. The average Bonchev–Trinajstić information content (AvgIpc) is 2.84. The van der Waals surface area contributed by atoms with Gasteiger partial charge in [0.2, 0.25) is 0 Å². The van der Waals surface area contributed by atoms with E-state index in [2.05, 4.69) is 15.3 Å². The lowest BCUT2D eigenvalue weighted by Gasteiger charge is -2.22. The molecule has 18 heavy (non-hydrogen) atoms. The van der Waals surface area contributed by atoms with Gasteiger partial charge in [-0.1, -0.05) is 19.3 Å². The Morgan fingerprint density at radius 3 is 2.94 bits per heavy atom. The van der Waals surface area contributed by atoms with E-state index in [1.165, 1.54) is 19.3 Å². The number of carbonyl (C=O) groups excluding carboxylic acids is 1. The second kappa shape index (κ2) is 4.76. The van der Waals surface area contributed by atoms with E-state index in [4.69, 9.17) is 0 Å². The second-order valence-electron chi connectivity index (χ2n) is 4.78. The Hall–Kier alpha value is -1.91. The van der Waals surface area contributed by atoms with E-state index in [0.717, 1.165) is 12.8 Å². The molecule has 94 valence electrons. The molecule has 1 N–H and O–H groups in total. The van der Waals surface area contributed by atoms with Crippen molar-refractivity contribution < 1.29 is 4.79 Å². The second-order valence-corrected chi connectivity index (χ2v) is 4.78. The topological polar surface area (TPSA) is 59.3 Å². The Labute approximate surface area is 105 Å². The molecular formula is C13H16N4O. The third-order valence-corrected chi connectivity index (χ3v) is 3.44. The lowest BCUT2D eigenvalue weighted by atomic mass is 9.95. The van der Waals surface area contributed by atoms with E-state index in [9.17, 15) is 4.79 Å². The normalized spacial score (nSPS) is 16.9. The zero-order chi connectivity index (χ0) is 12.4. The predicted molar refractivity (Wildman–Crippen MR) is 67.3 cm³/mol. The minimum absolute atomic E-state index is 0.0781. The summed E-state index contributed by atoms with van der Waals surface area (Å²) in [5, 5.41) is 3.06. The summed E-state index contributed by atoms with van der Waals surface area (Å²) in [4.78, 5) is 20.3. The Kier molecular flexibility index (Phi) is 2.96. The summed E-state index contributed by atoms with van der Waals surface area (Å²) in [6, 6.07) is 0.314. The van der Waals surface area contributed by atoms with Crippen LogP contribution < -0.4 is 5.32 Å². The number of carbonyl (C=O) groups is 1. The third kappa shape index (κ3) is 2.20. The first kappa shape index (κ1) is 11.2. The number of imidazole rings is 1. The van der Waals surface area contributed by atoms with Crippen LogP contribution in [0.4, 0.5) is 0 Å². The zero-order valence-electron chi connectivity index (χ0n) is 10.2. The van der Waals surface area contributed by atoms with E-state index >= 15 is 0 Å².